The molecule has 400 valence electrons. The maximum atomic E-state index is 11.5. The van der Waals surface area contributed by atoms with Gasteiger partial charge in [0.15, 0.2) is 23.0 Å². The van der Waals surface area contributed by atoms with Crippen molar-refractivity contribution in [2.75, 3.05) is 0 Å². The first kappa shape index (κ1) is 62.9. The molecule has 0 saturated carbocycles. The number of benzene rings is 5. The lowest BCUT2D eigenvalue weighted by atomic mass is 10.1. The number of ether oxygens (including phenoxy) is 8. The van der Waals surface area contributed by atoms with E-state index in [9.17, 15) is 47.9 Å². The molecular weight excluding hydrogens is 1010 g/mol. The first-order chi connectivity index (χ1) is 35.4. The van der Waals surface area contributed by atoms with E-state index in [1.165, 1.54) is 69.5 Å². The Labute approximate surface area is 442 Å². The fourth-order valence-electron chi connectivity index (χ4n) is 6.37. The van der Waals surface area contributed by atoms with Crippen LogP contribution in [-0.2, 0) is 38.4 Å². The molecule has 5 rings (SSSR count). The maximum Gasteiger partial charge on any atom is 0.335 e. The van der Waals surface area contributed by atoms with Crippen molar-refractivity contribution in [1.29, 1.82) is 0 Å². The van der Waals surface area contributed by atoms with Crippen LogP contribution in [0.15, 0.2) is 85.4 Å². The van der Waals surface area contributed by atoms with Crippen molar-refractivity contribution in [3.63, 3.8) is 0 Å². The molecule has 0 heterocycles. The minimum absolute atomic E-state index is 0.00801. The molecule has 0 aliphatic rings. The Hall–Kier alpha value is -9.23. The predicted molar refractivity (Wildman–Crippen MR) is 278 cm³/mol. The zero-order valence-corrected chi connectivity index (χ0v) is 44.4. The zero-order chi connectivity index (χ0) is 57.6. The number of aryl methyl sites for hydroxylation is 4. The largest absolute Gasteiger partial charge is 0.478 e. The van der Waals surface area contributed by atoms with Gasteiger partial charge >= 0.3 is 53.7 Å². The molecule has 5 aromatic carbocycles. The standard InChI is InChI=1S/C22H22O6.C13H11ClO7.C11H10O6.C10H12/c1-13-8-14(2)10-18(9-13)6-7-19-11-20(26-15(3)23)22(28-17(5)25)21(12-19)27-16(4)24;1-6(15)19-10-4-9(13(14)18)5-11(20-7(2)16)12(10)21-8(3)17;1-6(12)16-9-3-8(11(14)15)4-10(5-9)17-7(2)13;1-4-10-6-8(2)5-9(3)7-10/h6-12H,1-5H3;4-5H,1-3H3;3-5H,1-2H3,(H,14,15);4-7H,1H2,2-3H3/b7-6+;;;. The summed E-state index contributed by atoms with van der Waals surface area (Å²) in [6.45, 7) is 21.3. The highest BCUT2D eigenvalue weighted by atomic mass is 35.5. The Bertz CT molecular complexity index is 2940. The lowest BCUT2D eigenvalue weighted by Crippen LogP contribution is -2.11. The van der Waals surface area contributed by atoms with E-state index >= 15 is 0 Å². The number of aromatic carboxylic acids is 1. The van der Waals surface area contributed by atoms with E-state index in [1.54, 1.807) is 6.08 Å². The number of carboxylic acid groups (broad SMARTS) is 1. The highest BCUT2D eigenvalue weighted by Crippen LogP contribution is 2.41. The molecule has 0 radical (unpaired) electrons. The van der Waals surface area contributed by atoms with Crippen LogP contribution in [-0.4, -0.2) is 64.1 Å². The lowest BCUT2D eigenvalue weighted by molar-refractivity contribution is -0.135. The maximum absolute atomic E-state index is 11.5. The van der Waals surface area contributed by atoms with Gasteiger partial charge in [-0.25, -0.2) is 4.79 Å². The first-order valence-electron chi connectivity index (χ1n) is 22.3. The molecule has 0 amide bonds. The topological polar surface area (TPSA) is 265 Å². The number of carbonyl (C=O) groups is 10. The normalized spacial score (nSPS) is 9.96. The van der Waals surface area contributed by atoms with Gasteiger partial charge in [-0.15, -0.1) is 0 Å². The van der Waals surface area contributed by atoms with E-state index in [4.69, 9.17) is 54.6 Å². The fourth-order valence-corrected chi connectivity index (χ4v) is 6.47. The number of hydrogen-bond acceptors (Lipinski definition) is 18. The van der Waals surface area contributed by atoms with Gasteiger partial charge in [-0.05, 0) is 92.4 Å². The molecule has 0 saturated heterocycles. The summed E-state index contributed by atoms with van der Waals surface area (Å²) in [6.07, 6.45) is 5.54. The van der Waals surface area contributed by atoms with Crippen molar-refractivity contribution in [2.24, 2.45) is 0 Å². The van der Waals surface area contributed by atoms with Crippen molar-refractivity contribution in [2.45, 2.75) is 83.1 Å². The smallest absolute Gasteiger partial charge is 0.335 e. The number of rotatable bonds is 13. The van der Waals surface area contributed by atoms with Crippen LogP contribution in [0, 0.1) is 27.7 Å². The molecular formula is C56H55ClO19. The third kappa shape index (κ3) is 23.5. The van der Waals surface area contributed by atoms with Crippen molar-refractivity contribution in [3.8, 4) is 46.0 Å². The van der Waals surface area contributed by atoms with E-state index in [1.807, 2.05) is 38.1 Å². The summed E-state index contributed by atoms with van der Waals surface area (Å²) in [4.78, 5) is 111. The van der Waals surface area contributed by atoms with Crippen LogP contribution < -0.4 is 37.9 Å². The van der Waals surface area contributed by atoms with Gasteiger partial charge in [-0.2, -0.15) is 0 Å². The quantitative estimate of drug-likeness (QED) is 0.0497. The van der Waals surface area contributed by atoms with Gasteiger partial charge in [0, 0.05) is 67.0 Å². The summed E-state index contributed by atoms with van der Waals surface area (Å²) in [5, 5.41) is 7.95. The molecule has 0 aliphatic heterocycles. The van der Waals surface area contributed by atoms with Gasteiger partial charge in [0.1, 0.15) is 11.5 Å². The van der Waals surface area contributed by atoms with Gasteiger partial charge in [0.25, 0.3) is 5.24 Å². The fraction of sp³-hybridized carbons (Fsp3) is 0.214. The van der Waals surface area contributed by atoms with Crippen molar-refractivity contribution in [3.05, 3.63) is 136 Å². The van der Waals surface area contributed by atoms with Gasteiger partial charge < -0.3 is 43.0 Å². The summed E-state index contributed by atoms with van der Waals surface area (Å²) in [5.41, 5.74) is 7.42. The molecule has 0 bridgehead atoms. The molecule has 0 unspecified atom stereocenters. The lowest BCUT2D eigenvalue weighted by Gasteiger charge is -2.14. The molecule has 0 atom stereocenters. The van der Waals surface area contributed by atoms with Crippen LogP contribution in [0.3, 0.4) is 0 Å². The molecule has 1 N–H and O–H groups in total. The van der Waals surface area contributed by atoms with Gasteiger partial charge in [0.2, 0.25) is 11.5 Å². The Kier molecular flexibility index (Phi) is 24.9. The van der Waals surface area contributed by atoms with Crippen molar-refractivity contribution in [1.82, 2.24) is 0 Å². The molecule has 5 aromatic rings. The average molecular weight is 1070 g/mol. The Morgan fingerprint density at radius 2 is 0.671 bits per heavy atom. The van der Waals surface area contributed by atoms with Crippen LogP contribution in [0.25, 0.3) is 18.2 Å². The summed E-state index contributed by atoms with van der Waals surface area (Å²) < 4.78 is 39.4. The van der Waals surface area contributed by atoms with Crippen LogP contribution in [0.2, 0.25) is 0 Å². The van der Waals surface area contributed by atoms with Gasteiger partial charge in [-0.1, -0.05) is 83.5 Å². The highest BCUT2D eigenvalue weighted by molar-refractivity contribution is 6.67. The molecule has 0 aliphatic carbocycles. The van der Waals surface area contributed by atoms with E-state index < -0.39 is 59.0 Å². The monoisotopic (exact) mass is 1070 g/mol. The van der Waals surface area contributed by atoms with Crippen LogP contribution in [0.5, 0.6) is 46.0 Å². The molecule has 20 heteroatoms. The minimum atomic E-state index is -1.22. The Balaban J connectivity index is 0.000000366. The van der Waals surface area contributed by atoms with E-state index in [-0.39, 0.29) is 57.1 Å². The number of esters is 8. The third-order valence-electron chi connectivity index (χ3n) is 8.64. The van der Waals surface area contributed by atoms with Crippen LogP contribution >= 0.6 is 11.6 Å². The summed E-state index contributed by atoms with van der Waals surface area (Å²) in [6, 6.07) is 21.4. The third-order valence-corrected chi connectivity index (χ3v) is 8.86. The van der Waals surface area contributed by atoms with Gasteiger partial charge in [0.05, 0.1) is 5.56 Å². The highest BCUT2D eigenvalue weighted by Gasteiger charge is 2.23. The Morgan fingerprint density at radius 3 is 0.947 bits per heavy atom. The SMILES string of the molecule is C=Cc1cc(C)cc(C)c1.CC(=O)Oc1cc(/C=C/c2cc(C)cc(C)c2)cc(OC(C)=O)c1OC(C)=O.CC(=O)Oc1cc(C(=O)Cl)cc(OC(C)=O)c1OC(C)=O.CC(=O)Oc1cc(OC(C)=O)cc(C(=O)O)c1. The average Bonchev–Trinajstić information content (AvgIpc) is 3.26. The van der Waals surface area contributed by atoms with Crippen LogP contribution in [0.4, 0.5) is 0 Å². The second kappa shape index (κ2) is 30.1. The van der Waals surface area contributed by atoms with E-state index in [2.05, 4.69) is 44.7 Å². The van der Waals surface area contributed by atoms with Crippen molar-refractivity contribution >= 4 is 88.8 Å². The van der Waals surface area contributed by atoms with Gasteiger partial charge in [-0.3, -0.25) is 43.2 Å². The van der Waals surface area contributed by atoms with E-state index in [0.29, 0.717) is 5.56 Å². The number of halogens is 1. The Morgan fingerprint density at radius 1 is 0.382 bits per heavy atom. The summed E-state index contributed by atoms with van der Waals surface area (Å²) in [7, 11) is 0. The van der Waals surface area contributed by atoms with Crippen LogP contribution in [0.1, 0.15) is 115 Å². The number of carboxylic acids is 1. The molecule has 76 heavy (non-hydrogen) atoms. The first-order valence-corrected chi connectivity index (χ1v) is 22.7. The number of carbonyl (C=O) groups excluding carboxylic acids is 9. The zero-order valence-electron chi connectivity index (χ0n) is 43.6. The van der Waals surface area contributed by atoms with Crippen molar-refractivity contribution < 1.29 is 90.9 Å². The molecule has 0 spiro atoms. The number of hydrogen-bond donors (Lipinski definition) is 1. The second-order valence-electron chi connectivity index (χ2n) is 16.0. The predicted octanol–water partition coefficient (Wildman–Crippen LogP) is 10.3. The molecule has 19 nitrogen and oxygen atoms in total. The van der Waals surface area contributed by atoms with E-state index in [0.717, 1.165) is 61.7 Å². The minimum Gasteiger partial charge on any atom is -0.478 e. The molecule has 0 fully saturated rings. The molecule has 0 aromatic heterocycles. The second-order valence-corrected chi connectivity index (χ2v) is 16.4. The summed E-state index contributed by atoms with van der Waals surface area (Å²) >= 11 is 5.35. The summed E-state index contributed by atoms with van der Waals surface area (Å²) in [5.74, 6) is -7.39.